The van der Waals surface area contributed by atoms with Crippen molar-refractivity contribution in [1.29, 1.82) is 0 Å². The van der Waals surface area contributed by atoms with Crippen LogP contribution in [0.1, 0.15) is 25.0 Å². The molecule has 2 heteroatoms. The largest absolute Gasteiger partial charge is 0.228 e. The maximum absolute atomic E-state index is 5.32. The Bertz CT molecular complexity index is 3270. The molecular weight excluding hydrogens is 737 g/mol. The van der Waals surface area contributed by atoms with Crippen molar-refractivity contribution in [2.75, 3.05) is 0 Å². The van der Waals surface area contributed by atoms with E-state index < -0.39 is 0 Å². The highest BCUT2D eigenvalue weighted by Crippen LogP contribution is 2.52. The summed E-state index contributed by atoms with van der Waals surface area (Å²) in [6.07, 6.45) is 0. The fraction of sp³-hybridized carbons (Fsp3) is 0.0508. The minimum Gasteiger partial charge on any atom is -0.228 e. The van der Waals surface area contributed by atoms with Gasteiger partial charge in [-0.25, -0.2) is 9.97 Å². The van der Waals surface area contributed by atoms with Gasteiger partial charge in [-0.2, -0.15) is 0 Å². The molecule has 61 heavy (non-hydrogen) atoms. The molecule has 0 N–H and O–H groups in total. The Balaban J connectivity index is 1.04. The Morgan fingerprint density at radius 2 is 0.787 bits per heavy atom. The van der Waals surface area contributed by atoms with E-state index in [2.05, 4.69) is 226 Å². The van der Waals surface area contributed by atoms with Gasteiger partial charge in [-0.15, -0.1) is 0 Å². The Morgan fingerprint density at radius 1 is 0.295 bits per heavy atom. The summed E-state index contributed by atoms with van der Waals surface area (Å²) in [5.41, 5.74) is 19.7. The lowest BCUT2D eigenvalue weighted by Gasteiger charge is -2.21. The van der Waals surface area contributed by atoms with Crippen molar-refractivity contribution in [2.45, 2.75) is 19.3 Å². The predicted octanol–water partition coefficient (Wildman–Crippen LogP) is 15.6. The highest BCUT2D eigenvalue weighted by atomic mass is 14.9. The molecule has 9 aromatic carbocycles. The molecule has 0 saturated heterocycles. The van der Waals surface area contributed by atoms with Gasteiger partial charge < -0.3 is 0 Å². The monoisotopic (exact) mass is 778 g/mol. The molecular formula is C59H42N2. The van der Waals surface area contributed by atoms with Crippen molar-refractivity contribution in [3.63, 3.8) is 0 Å². The van der Waals surface area contributed by atoms with Gasteiger partial charge in [0.25, 0.3) is 0 Å². The van der Waals surface area contributed by atoms with Crippen LogP contribution >= 0.6 is 0 Å². The number of nitrogens with zero attached hydrogens (tertiary/aromatic N) is 2. The van der Waals surface area contributed by atoms with Gasteiger partial charge in [-0.05, 0) is 120 Å². The number of rotatable bonds is 7. The normalized spacial score (nSPS) is 12.6. The van der Waals surface area contributed by atoms with E-state index in [0.717, 1.165) is 55.7 Å². The van der Waals surface area contributed by atoms with Crippen molar-refractivity contribution >= 4 is 10.8 Å². The Labute approximate surface area is 357 Å². The lowest BCUT2D eigenvalue weighted by molar-refractivity contribution is 0.660. The van der Waals surface area contributed by atoms with Crippen molar-refractivity contribution in [3.8, 4) is 89.5 Å². The second-order valence-corrected chi connectivity index (χ2v) is 16.6. The van der Waals surface area contributed by atoms with Crippen LogP contribution < -0.4 is 0 Å². The van der Waals surface area contributed by atoms with Crippen LogP contribution in [0.4, 0.5) is 0 Å². The molecule has 0 bridgehead atoms. The molecule has 288 valence electrons. The van der Waals surface area contributed by atoms with Crippen LogP contribution in [0.25, 0.3) is 100 Å². The van der Waals surface area contributed by atoms with Crippen molar-refractivity contribution in [3.05, 3.63) is 230 Å². The standard InChI is InChI=1S/C59H42N2/c1-59(2)53-28-12-11-26-52(53)57-51(27-15-29-54(57)59)46-25-14-23-44(33-46)43-22-13-24-45(32-43)49-35-48(39-16-5-3-6-17-39)36-50(37-49)56-38-55(41-19-7-4-8-20-41)60-58(61-56)47-31-30-40-18-9-10-21-42(40)34-47/h3-38H,1-2H3. The molecule has 0 atom stereocenters. The molecule has 0 radical (unpaired) electrons. The van der Waals surface area contributed by atoms with Crippen LogP contribution in [0.15, 0.2) is 218 Å². The van der Waals surface area contributed by atoms with E-state index in [1.165, 1.54) is 49.9 Å². The fourth-order valence-corrected chi connectivity index (χ4v) is 9.29. The lowest BCUT2D eigenvalue weighted by atomic mass is 9.82. The van der Waals surface area contributed by atoms with Crippen molar-refractivity contribution in [2.24, 2.45) is 0 Å². The van der Waals surface area contributed by atoms with Gasteiger partial charge in [0, 0.05) is 22.1 Å². The number of benzene rings is 9. The Kier molecular flexibility index (Phi) is 8.86. The molecule has 2 nitrogen and oxygen atoms in total. The first kappa shape index (κ1) is 36.4. The van der Waals surface area contributed by atoms with E-state index in [-0.39, 0.29) is 5.41 Å². The molecule has 1 aromatic heterocycles. The van der Waals surface area contributed by atoms with Crippen LogP contribution in [0.3, 0.4) is 0 Å². The number of aromatic nitrogens is 2. The van der Waals surface area contributed by atoms with Gasteiger partial charge in [0.2, 0.25) is 0 Å². The maximum atomic E-state index is 5.32. The second-order valence-electron chi connectivity index (χ2n) is 16.6. The smallest absolute Gasteiger partial charge is 0.160 e. The van der Waals surface area contributed by atoms with E-state index in [4.69, 9.17) is 9.97 Å². The quantitative estimate of drug-likeness (QED) is 0.161. The van der Waals surface area contributed by atoms with Crippen molar-refractivity contribution in [1.82, 2.24) is 9.97 Å². The zero-order valence-corrected chi connectivity index (χ0v) is 34.2. The molecule has 0 fully saturated rings. The maximum Gasteiger partial charge on any atom is 0.160 e. The minimum atomic E-state index is -0.0477. The molecule has 1 aliphatic rings. The average molecular weight is 779 g/mol. The summed E-state index contributed by atoms with van der Waals surface area (Å²) in [5, 5.41) is 2.36. The molecule has 1 heterocycles. The van der Waals surface area contributed by atoms with E-state index in [9.17, 15) is 0 Å². The summed E-state index contributed by atoms with van der Waals surface area (Å²) >= 11 is 0. The molecule has 0 spiro atoms. The summed E-state index contributed by atoms with van der Waals surface area (Å²) in [7, 11) is 0. The summed E-state index contributed by atoms with van der Waals surface area (Å²) in [6.45, 7) is 4.69. The molecule has 0 unspecified atom stereocenters. The highest BCUT2D eigenvalue weighted by Gasteiger charge is 2.36. The second kappa shape index (κ2) is 14.9. The Hall–Kier alpha value is -7.68. The first-order chi connectivity index (χ1) is 30.0. The number of hydrogen-bond donors (Lipinski definition) is 0. The third-order valence-corrected chi connectivity index (χ3v) is 12.4. The molecule has 11 rings (SSSR count). The van der Waals surface area contributed by atoms with E-state index in [1.54, 1.807) is 0 Å². The highest BCUT2D eigenvalue weighted by molar-refractivity contribution is 5.94. The summed E-state index contributed by atoms with van der Waals surface area (Å²) in [6, 6.07) is 78.7. The first-order valence-corrected chi connectivity index (χ1v) is 21.1. The summed E-state index contributed by atoms with van der Waals surface area (Å²) in [5.74, 6) is 0.701. The molecule has 0 saturated carbocycles. The SMILES string of the molecule is CC1(C)c2ccccc2-c2c(-c3cccc(-c4cccc(-c5cc(-c6ccccc6)cc(-c6cc(-c7ccccc7)nc(-c7ccc8ccccc8c7)n6)c5)c4)c3)cccc21. The van der Waals surface area contributed by atoms with Gasteiger partial charge in [0.15, 0.2) is 5.82 Å². The van der Waals surface area contributed by atoms with Crippen LogP contribution in [0.5, 0.6) is 0 Å². The molecule has 1 aliphatic carbocycles. The van der Waals surface area contributed by atoms with Gasteiger partial charge >= 0.3 is 0 Å². The average Bonchev–Trinajstić information content (AvgIpc) is 3.57. The number of fused-ring (bicyclic) bond motifs is 4. The fourth-order valence-electron chi connectivity index (χ4n) is 9.29. The molecule has 0 aliphatic heterocycles. The lowest BCUT2D eigenvalue weighted by Crippen LogP contribution is -2.14. The van der Waals surface area contributed by atoms with Crippen molar-refractivity contribution < 1.29 is 0 Å². The van der Waals surface area contributed by atoms with E-state index in [0.29, 0.717) is 5.82 Å². The first-order valence-electron chi connectivity index (χ1n) is 21.1. The minimum absolute atomic E-state index is 0.0477. The zero-order chi connectivity index (χ0) is 40.9. The third kappa shape index (κ3) is 6.63. The van der Waals surface area contributed by atoms with Gasteiger partial charge in [0.05, 0.1) is 11.4 Å². The third-order valence-electron chi connectivity index (χ3n) is 12.4. The topological polar surface area (TPSA) is 25.8 Å². The van der Waals surface area contributed by atoms with E-state index >= 15 is 0 Å². The summed E-state index contributed by atoms with van der Waals surface area (Å²) in [4.78, 5) is 10.5. The Morgan fingerprint density at radius 3 is 1.54 bits per heavy atom. The predicted molar refractivity (Wildman–Crippen MR) is 255 cm³/mol. The van der Waals surface area contributed by atoms with Crippen LogP contribution in [0.2, 0.25) is 0 Å². The molecule has 10 aromatic rings. The van der Waals surface area contributed by atoms with Crippen LogP contribution in [-0.2, 0) is 5.41 Å². The zero-order valence-electron chi connectivity index (χ0n) is 34.2. The van der Waals surface area contributed by atoms with Gasteiger partial charge in [-0.3, -0.25) is 0 Å². The van der Waals surface area contributed by atoms with E-state index in [1.807, 2.05) is 6.07 Å². The van der Waals surface area contributed by atoms with Gasteiger partial charge in [-0.1, -0.05) is 190 Å². The summed E-state index contributed by atoms with van der Waals surface area (Å²) < 4.78 is 0. The van der Waals surface area contributed by atoms with Gasteiger partial charge in [0.1, 0.15) is 0 Å². The van der Waals surface area contributed by atoms with Crippen LogP contribution in [0, 0.1) is 0 Å². The number of hydrogen-bond acceptors (Lipinski definition) is 2. The van der Waals surface area contributed by atoms with Crippen LogP contribution in [-0.4, -0.2) is 9.97 Å². The molecule has 0 amide bonds.